The second-order valence-electron chi connectivity index (χ2n) is 8.50. The van der Waals surface area contributed by atoms with E-state index < -0.39 is 36.4 Å². The van der Waals surface area contributed by atoms with Crippen LogP contribution in [0.15, 0.2) is 24.3 Å². The van der Waals surface area contributed by atoms with E-state index in [0.717, 1.165) is 17.4 Å². The molecule has 2 fully saturated rings. The first kappa shape index (κ1) is 20.8. The summed E-state index contributed by atoms with van der Waals surface area (Å²) in [7, 11) is -0.440. The summed E-state index contributed by atoms with van der Waals surface area (Å²) in [5.74, 6) is -0.850. The van der Waals surface area contributed by atoms with Crippen LogP contribution in [0, 0.1) is 0 Å². The first-order valence-corrected chi connectivity index (χ1v) is 9.75. The van der Waals surface area contributed by atoms with Gasteiger partial charge in [0.25, 0.3) is 0 Å². The van der Waals surface area contributed by atoms with E-state index in [1.807, 2.05) is 52.0 Å². The van der Waals surface area contributed by atoms with Gasteiger partial charge in [-0.15, -0.1) is 0 Å². The van der Waals surface area contributed by atoms with Crippen LogP contribution in [0.25, 0.3) is 0 Å². The minimum atomic E-state index is -0.778. The van der Waals surface area contributed by atoms with E-state index in [0.29, 0.717) is 19.4 Å². The Labute approximate surface area is 166 Å². The molecule has 0 aromatic heterocycles. The lowest BCUT2D eigenvalue weighted by atomic mass is 9.78. The van der Waals surface area contributed by atoms with Gasteiger partial charge in [0.15, 0.2) is 0 Å². The normalized spacial score (nSPS) is 24.1. The average Bonchev–Trinajstić information content (AvgIpc) is 3.21. The topological polar surface area (TPSA) is 99.9 Å². The van der Waals surface area contributed by atoms with E-state index in [2.05, 4.69) is 5.32 Å². The van der Waals surface area contributed by atoms with Crippen LogP contribution in [0.1, 0.15) is 46.1 Å². The SMILES string of the molecule is CC1(C)OB(c2ccc(C[C@@H](NC(=O)[C@H]3CCCO3)C(N)=O)cc2)OC1(C)C. The van der Waals surface area contributed by atoms with Crippen LogP contribution < -0.4 is 16.5 Å². The summed E-state index contributed by atoms with van der Waals surface area (Å²) in [5.41, 5.74) is 6.47. The highest BCUT2D eigenvalue weighted by Crippen LogP contribution is 2.36. The van der Waals surface area contributed by atoms with Gasteiger partial charge in [0.1, 0.15) is 12.1 Å². The van der Waals surface area contributed by atoms with Crippen molar-refractivity contribution >= 4 is 24.4 Å². The van der Waals surface area contributed by atoms with E-state index in [1.165, 1.54) is 0 Å². The zero-order chi connectivity index (χ0) is 20.5. The van der Waals surface area contributed by atoms with Crippen LogP contribution >= 0.6 is 0 Å². The Morgan fingerprint density at radius 1 is 1.18 bits per heavy atom. The number of carbonyl (C=O) groups is 2. The minimum absolute atomic E-state index is 0.282. The van der Waals surface area contributed by atoms with Crippen LogP contribution in [-0.4, -0.2) is 48.9 Å². The Morgan fingerprint density at radius 2 is 1.79 bits per heavy atom. The van der Waals surface area contributed by atoms with Crippen molar-refractivity contribution in [2.75, 3.05) is 6.61 Å². The Hall–Kier alpha value is -1.90. The molecule has 7 nitrogen and oxygen atoms in total. The Kier molecular flexibility index (Phi) is 5.84. The quantitative estimate of drug-likeness (QED) is 0.699. The highest BCUT2D eigenvalue weighted by Gasteiger charge is 2.51. The Bertz CT molecular complexity index is 713. The van der Waals surface area contributed by atoms with Gasteiger partial charge in [-0.05, 0) is 51.6 Å². The summed E-state index contributed by atoms with van der Waals surface area (Å²) in [6.07, 6.45) is 1.34. The summed E-state index contributed by atoms with van der Waals surface area (Å²) in [4.78, 5) is 24.0. The predicted octanol–water partition coefficient (Wildman–Crippen LogP) is 0.677. The minimum Gasteiger partial charge on any atom is -0.399 e. The lowest BCUT2D eigenvalue weighted by molar-refractivity contribution is -0.133. The molecule has 0 radical (unpaired) electrons. The molecular formula is C20H29BN2O5. The van der Waals surface area contributed by atoms with E-state index in [9.17, 15) is 9.59 Å². The third-order valence-corrected chi connectivity index (χ3v) is 5.83. The third-order valence-electron chi connectivity index (χ3n) is 5.83. The third kappa shape index (κ3) is 4.40. The van der Waals surface area contributed by atoms with Gasteiger partial charge in [-0.25, -0.2) is 0 Å². The highest BCUT2D eigenvalue weighted by molar-refractivity contribution is 6.62. The van der Waals surface area contributed by atoms with Crippen molar-refractivity contribution in [3.63, 3.8) is 0 Å². The molecule has 2 saturated heterocycles. The summed E-state index contributed by atoms with van der Waals surface area (Å²) < 4.78 is 17.5. The molecule has 28 heavy (non-hydrogen) atoms. The Balaban J connectivity index is 1.63. The van der Waals surface area contributed by atoms with Crippen LogP contribution in [0.2, 0.25) is 0 Å². The fourth-order valence-corrected chi connectivity index (χ4v) is 3.30. The Morgan fingerprint density at radius 3 is 2.29 bits per heavy atom. The molecular weight excluding hydrogens is 359 g/mol. The fraction of sp³-hybridized carbons (Fsp3) is 0.600. The van der Waals surface area contributed by atoms with Crippen molar-refractivity contribution in [3.05, 3.63) is 29.8 Å². The van der Waals surface area contributed by atoms with Crippen LogP contribution in [0.4, 0.5) is 0 Å². The van der Waals surface area contributed by atoms with Gasteiger partial charge in [0, 0.05) is 13.0 Å². The molecule has 3 N–H and O–H groups in total. The molecule has 2 heterocycles. The van der Waals surface area contributed by atoms with Gasteiger partial charge >= 0.3 is 7.12 Å². The lowest BCUT2D eigenvalue weighted by Crippen LogP contribution is -2.49. The van der Waals surface area contributed by atoms with Crippen LogP contribution in [0.3, 0.4) is 0 Å². The van der Waals surface area contributed by atoms with Crippen molar-refractivity contribution in [1.82, 2.24) is 5.32 Å². The largest absolute Gasteiger partial charge is 0.494 e. The van der Waals surface area contributed by atoms with Crippen molar-refractivity contribution in [1.29, 1.82) is 0 Å². The maximum atomic E-state index is 12.2. The summed E-state index contributed by atoms with van der Waals surface area (Å²) >= 11 is 0. The molecule has 0 aliphatic carbocycles. The molecule has 0 unspecified atom stereocenters. The van der Waals surface area contributed by atoms with Crippen molar-refractivity contribution in [2.24, 2.45) is 5.73 Å². The van der Waals surface area contributed by atoms with Gasteiger partial charge in [-0.2, -0.15) is 0 Å². The first-order chi connectivity index (χ1) is 13.1. The first-order valence-electron chi connectivity index (χ1n) is 9.75. The summed E-state index contributed by atoms with van der Waals surface area (Å²) in [6.45, 7) is 8.61. The zero-order valence-corrected chi connectivity index (χ0v) is 17.0. The van der Waals surface area contributed by atoms with Crippen LogP contribution in [-0.2, 0) is 30.1 Å². The maximum Gasteiger partial charge on any atom is 0.494 e. The maximum absolute atomic E-state index is 12.2. The second-order valence-corrected chi connectivity index (χ2v) is 8.50. The van der Waals surface area contributed by atoms with Gasteiger partial charge in [-0.3, -0.25) is 9.59 Å². The molecule has 2 aliphatic rings. The number of rotatable bonds is 6. The average molecular weight is 388 g/mol. The van der Waals surface area contributed by atoms with Crippen LogP contribution in [0.5, 0.6) is 0 Å². The van der Waals surface area contributed by atoms with Crippen molar-refractivity contribution in [2.45, 2.75) is 70.3 Å². The number of ether oxygens (including phenoxy) is 1. The number of carbonyl (C=O) groups excluding carboxylic acids is 2. The van der Waals surface area contributed by atoms with Gasteiger partial charge in [0.2, 0.25) is 11.8 Å². The second kappa shape index (κ2) is 7.85. The molecule has 8 heteroatoms. The number of hydrogen-bond donors (Lipinski definition) is 2. The molecule has 0 saturated carbocycles. The molecule has 1 aromatic carbocycles. The van der Waals surface area contributed by atoms with Gasteiger partial charge in [0.05, 0.1) is 11.2 Å². The summed E-state index contributed by atoms with van der Waals surface area (Å²) in [6, 6.07) is 6.84. The zero-order valence-electron chi connectivity index (χ0n) is 17.0. The molecule has 2 atom stereocenters. The number of nitrogens with one attached hydrogen (secondary N) is 1. The highest BCUT2D eigenvalue weighted by atomic mass is 16.7. The molecule has 0 spiro atoms. The molecule has 3 rings (SSSR count). The van der Waals surface area contributed by atoms with Crippen molar-refractivity contribution in [3.8, 4) is 0 Å². The lowest BCUT2D eigenvalue weighted by Gasteiger charge is -2.32. The standard InChI is InChI=1S/C20H29BN2O5/c1-19(2)20(3,4)28-21(27-19)14-9-7-13(8-10-14)12-15(17(22)24)23-18(25)16-6-5-11-26-16/h7-10,15-16H,5-6,11-12H2,1-4H3,(H2,22,24)(H,23,25)/t15-,16-/m1/s1. The fourth-order valence-electron chi connectivity index (χ4n) is 3.30. The molecule has 2 amide bonds. The van der Waals surface area contributed by atoms with Crippen molar-refractivity contribution < 1.29 is 23.6 Å². The number of primary amides is 1. The number of nitrogens with two attached hydrogens (primary N) is 1. The van der Waals surface area contributed by atoms with Gasteiger partial charge < -0.3 is 25.1 Å². The van der Waals surface area contributed by atoms with Gasteiger partial charge in [-0.1, -0.05) is 24.3 Å². The van der Waals surface area contributed by atoms with E-state index in [1.54, 1.807) is 0 Å². The molecule has 2 aliphatic heterocycles. The van der Waals surface area contributed by atoms with E-state index in [4.69, 9.17) is 19.8 Å². The molecule has 152 valence electrons. The number of hydrogen-bond acceptors (Lipinski definition) is 5. The van der Waals surface area contributed by atoms with E-state index in [-0.39, 0.29) is 5.91 Å². The number of benzene rings is 1. The monoisotopic (exact) mass is 388 g/mol. The van der Waals surface area contributed by atoms with E-state index >= 15 is 0 Å². The summed E-state index contributed by atoms with van der Waals surface area (Å²) in [5, 5.41) is 2.71. The smallest absolute Gasteiger partial charge is 0.399 e. The molecule has 1 aromatic rings. The number of amides is 2. The predicted molar refractivity (Wildman–Crippen MR) is 106 cm³/mol. The molecule has 0 bridgehead atoms.